The largest absolute Gasteiger partial charge is 0.497 e. The Morgan fingerprint density at radius 1 is 1.21 bits per heavy atom. The Labute approximate surface area is 224 Å². The van der Waals surface area contributed by atoms with Gasteiger partial charge in [0.15, 0.2) is 0 Å². The summed E-state index contributed by atoms with van der Waals surface area (Å²) in [6, 6.07) is 5.40. The van der Waals surface area contributed by atoms with Gasteiger partial charge in [-0.1, -0.05) is 18.2 Å². The fourth-order valence-electron chi connectivity index (χ4n) is 4.46. The van der Waals surface area contributed by atoms with Gasteiger partial charge < -0.3 is 29.7 Å². The number of hydrogen-bond acceptors (Lipinski definition) is 9. The number of ether oxygens (including phenoxy) is 3. The van der Waals surface area contributed by atoms with Crippen molar-refractivity contribution in [2.24, 2.45) is 0 Å². The van der Waals surface area contributed by atoms with Crippen LogP contribution in [0.5, 0.6) is 11.5 Å². The van der Waals surface area contributed by atoms with Crippen molar-refractivity contribution in [3.05, 3.63) is 52.4 Å². The summed E-state index contributed by atoms with van der Waals surface area (Å²) in [5.74, 6) is 1.25. The Kier molecular flexibility index (Phi) is 7.50. The number of likely N-dealkylation sites (tertiary alicyclic amines) is 1. The smallest absolute Gasteiger partial charge is 0.260 e. The Morgan fingerprint density at radius 2 is 2.00 bits per heavy atom. The molecule has 0 atom stereocenters. The fourth-order valence-corrected chi connectivity index (χ4v) is 4.75. The molecular formula is C26H29ClN6O5. The third kappa shape index (κ3) is 5.04. The average Bonchev–Trinajstić information content (AvgIpc) is 2.88. The molecule has 38 heavy (non-hydrogen) atoms. The highest BCUT2D eigenvalue weighted by atomic mass is 35.5. The highest BCUT2D eigenvalue weighted by Gasteiger charge is 2.28. The van der Waals surface area contributed by atoms with Crippen molar-refractivity contribution < 1.29 is 19.0 Å². The number of benzene rings is 1. The van der Waals surface area contributed by atoms with Gasteiger partial charge in [-0.25, -0.2) is 4.98 Å². The number of fused-ring (bicyclic) bond motifs is 1. The van der Waals surface area contributed by atoms with E-state index in [0.29, 0.717) is 84.0 Å². The van der Waals surface area contributed by atoms with E-state index in [2.05, 4.69) is 27.2 Å². The van der Waals surface area contributed by atoms with Gasteiger partial charge in [-0.05, 0) is 18.2 Å². The van der Waals surface area contributed by atoms with E-state index in [1.165, 1.54) is 20.3 Å². The van der Waals surface area contributed by atoms with Crippen LogP contribution in [0.2, 0.25) is 5.02 Å². The van der Waals surface area contributed by atoms with E-state index in [4.69, 9.17) is 25.8 Å². The summed E-state index contributed by atoms with van der Waals surface area (Å²) < 4.78 is 17.7. The molecule has 11 nitrogen and oxygen atoms in total. The molecule has 2 N–H and O–H groups in total. The van der Waals surface area contributed by atoms with Gasteiger partial charge in [0.25, 0.3) is 5.56 Å². The lowest BCUT2D eigenvalue weighted by Gasteiger charge is -2.39. The number of nitrogens with one attached hydrogen (secondary N) is 2. The molecule has 5 rings (SSSR count). The first-order valence-corrected chi connectivity index (χ1v) is 12.6. The molecule has 2 fully saturated rings. The number of aromatic nitrogens is 3. The molecule has 1 aromatic carbocycles. The lowest BCUT2D eigenvalue weighted by Crippen LogP contribution is -2.59. The molecule has 200 valence electrons. The van der Waals surface area contributed by atoms with Gasteiger partial charge in [0.05, 0.1) is 38.5 Å². The summed E-state index contributed by atoms with van der Waals surface area (Å²) in [6.45, 7) is 6.73. The fraction of sp³-hybridized carbons (Fsp3) is 0.385. The Bertz CT molecular complexity index is 1430. The van der Waals surface area contributed by atoms with Gasteiger partial charge in [-0.2, -0.15) is 4.98 Å². The van der Waals surface area contributed by atoms with E-state index in [1.807, 2.05) is 0 Å². The van der Waals surface area contributed by atoms with Gasteiger partial charge in [-0.3, -0.25) is 14.2 Å². The molecule has 0 radical (unpaired) electrons. The van der Waals surface area contributed by atoms with E-state index < -0.39 is 0 Å². The van der Waals surface area contributed by atoms with E-state index in [9.17, 15) is 9.59 Å². The SMILES string of the molecule is C=CC(=O)N1CC(NCCn2c(=O)c(-c3cc(OC)cc(OC)c3Cl)cc3cnc(NC4COC4)nc32)C1. The number of nitrogens with zero attached hydrogens (tertiary/aromatic N) is 4. The van der Waals surface area contributed by atoms with E-state index >= 15 is 0 Å². The molecule has 4 heterocycles. The molecule has 2 aromatic heterocycles. The summed E-state index contributed by atoms with van der Waals surface area (Å²) in [4.78, 5) is 36.5. The summed E-state index contributed by atoms with van der Waals surface area (Å²) in [5.41, 5.74) is 1.11. The molecule has 2 saturated heterocycles. The normalized spacial score (nSPS) is 15.6. The second-order valence-electron chi connectivity index (χ2n) is 9.16. The summed E-state index contributed by atoms with van der Waals surface area (Å²) in [6.07, 6.45) is 3.00. The lowest BCUT2D eigenvalue weighted by molar-refractivity contribution is -0.130. The Hall–Kier alpha value is -3.67. The van der Waals surface area contributed by atoms with Gasteiger partial charge in [0.2, 0.25) is 11.9 Å². The monoisotopic (exact) mass is 540 g/mol. The van der Waals surface area contributed by atoms with Crippen molar-refractivity contribution in [2.45, 2.75) is 18.6 Å². The minimum absolute atomic E-state index is 0.0860. The number of carbonyl (C=O) groups excluding carboxylic acids is 1. The Morgan fingerprint density at radius 3 is 2.66 bits per heavy atom. The first kappa shape index (κ1) is 26.0. The van der Waals surface area contributed by atoms with E-state index in [0.717, 1.165) is 0 Å². The second-order valence-corrected chi connectivity index (χ2v) is 9.53. The molecule has 0 unspecified atom stereocenters. The molecule has 3 aromatic rings. The number of hydrogen-bond donors (Lipinski definition) is 2. The van der Waals surface area contributed by atoms with Gasteiger partial charge in [0.1, 0.15) is 17.1 Å². The predicted molar refractivity (Wildman–Crippen MR) is 144 cm³/mol. The van der Waals surface area contributed by atoms with Crippen molar-refractivity contribution >= 4 is 34.5 Å². The zero-order chi connectivity index (χ0) is 26.8. The quantitative estimate of drug-likeness (QED) is 0.372. The summed E-state index contributed by atoms with van der Waals surface area (Å²) in [5, 5.41) is 7.63. The maximum Gasteiger partial charge on any atom is 0.260 e. The van der Waals surface area contributed by atoms with E-state index in [1.54, 1.807) is 33.9 Å². The number of rotatable bonds is 10. The van der Waals surface area contributed by atoms with Crippen molar-refractivity contribution in [3.8, 4) is 22.6 Å². The molecule has 0 saturated carbocycles. The molecule has 2 aliphatic heterocycles. The average molecular weight is 541 g/mol. The van der Waals surface area contributed by atoms with Crippen LogP contribution < -0.4 is 25.7 Å². The first-order valence-electron chi connectivity index (χ1n) is 12.2. The van der Waals surface area contributed by atoms with Crippen molar-refractivity contribution in [2.75, 3.05) is 52.4 Å². The van der Waals surface area contributed by atoms with Crippen LogP contribution in [0.1, 0.15) is 0 Å². The first-order chi connectivity index (χ1) is 18.4. The molecule has 1 amide bonds. The van der Waals surface area contributed by atoms with Crippen LogP contribution in [0, 0.1) is 0 Å². The summed E-state index contributed by atoms with van der Waals surface area (Å²) in [7, 11) is 3.05. The molecule has 0 aliphatic carbocycles. The van der Waals surface area contributed by atoms with Crippen LogP contribution in [0.4, 0.5) is 5.95 Å². The lowest BCUT2D eigenvalue weighted by atomic mass is 10.0. The maximum absolute atomic E-state index is 13.9. The van der Waals surface area contributed by atoms with E-state index in [-0.39, 0.29) is 23.6 Å². The molecule has 12 heteroatoms. The van der Waals surface area contributed by atoms with Gasteiger partial charge in [0, 0.05) is 61.0 Å². The van der Waals surface area contributed by atoms with Crippen LogP contribution in [0.3, 0.4) is 0 Å². The number of pyridine rings is 1. The minimum Gasteiger partial charge on any atom is -0.497 e. The highest BCUT2D eigenvalue weighted by molar-refractivity contribution is 6.35. The number of halogens is 1. The number of methoxy groups -OCH3 is 2. The van der Waals surface area contributed by atoms with Crippen molar-refractivity contribution in [1.82, 2.24) is 24.8 Å². The Balaban J connectivity index is 1.50. The summed E-state index contributed by atoms with van der Waals surface area (Å²) >= 11 is 6.64. The highest BCUT2D eigenvalue weighted by Crippen LogP contribution is 2.38. The van der Waals surface area contributed by atoms with Crippen molar-refractivity contribution in [1.29, 1.82) is 0 Å². The number of carbonyl (C=O) groups is 1. The van der Waals surface area contributed by atoms with Crippen LogP contribution in [0.25, 0.3) is 22.2 Å². The van der Waals surface area contributed by atoms with Crippen LogP contribution in [-0.4, -0.2) is 84.5 Å². The van der Waals surface area contributed by atoms with Gasteiger partial charge >= 0.3 is 0 Å². The number of amides is 1. The molecular weight excluding hydrogens is 512 g/mol. The zero-order valence-electron chi connectivity index (χ0n) is 21.2. The van der Waals surface area contributed by atoms with Crippen LogP contribution >= 0.6 is 11.6 Å². The zero-order valence-corrected chi connectivity index (χ0v) is 22.0. The predicted octanol–water partition coefficient (Wildman–Crippen LogP) is 1.93. The molecule has 2 aliphatic rings. The number of anilines is 1. The molecule has 0 spiro atoms. The minimum atomic E-state index is -0.259. The second kappa shape index (κ2) is 11.0. The third-order valence-electron chi connectivity index (χ3n) is 6.69. The van der Waals surface area contributed by atoms with Crippen LogP contribution in [0.15, 0.2) is 41.8 Å². The maximum atomic E-state index is 13.9. The third-order valence-corrected chi connectivity index (χ3v) is 7.08. The topological polar surface area (TPSA) is 120 Å². The van der Waals surface area contributed by atoms with Crippen LogP contribution in [-0.2, 0) is 16.1 Å². The van der Waals surface area contributed by atoms with Gasteiger partial charge in [-0.15, -0.1) is 0 Å². The molecule has 0 bridgehead atoms. The van der Waals surface area contributed by atoms with Crippen molar-refractivity contribution in [3.63, 3.8) is 0 Å². The standard InChI is InChI=1S/C26H29ClN6O5/c1-4-22(34)32-11-16(12-32)28-5-6-33-24-15(10-29-26(31-24)30-17-13-38-14-17)7-20(25(33)35)19-8-18(36-2)9-21(37-3)23(19)27/h4,7-10,16-17,28H,1,5-6,11-14H2,2-3H3,(H,29,30,31).